The Kier molecular flexibility index (Phi) is 5.53. The van der Waals surface area contributed by atoms with E-state index in [9.17, 15) is 43.9 Å². The number of rotatable bonds is 3. The Morgan fingerprint density at radius 1 is 0.292 bits per heavy atom. The van der Waals surface area contributed by atoms with Gasteiger partial charge in [0.25, 0.3) is 0 Å². The average molecular weight is 492 g/mol. The topological polar surface area (TPSA) is 0 Å². The molecule has 0 amide bonds. The molecule has 0 spiro atoms. The Labute approximate surface area is 137 Å². The fourth-order valence-corrected chi connectivity index (χ4v) is 8.12. The first-order chi connectivity index (χ1) is 11.1. The van der Waals surface area contributed by atoms with Gasteiger partial charge < -0.3 is 0 Å². The summed E-state index contributed by atoms with van der Waals surface area (Å²) in [5.74, 6) is -22.7. The van der Waals surface area contributed by atoms with Crippen molar-refractivity contribution in [3.8, 4) is 0 Å². The summed E-state index contributed by atoms with van der Waals surface area (Å²) >= 11 is -3.57. The van der Waals surface area contributed by atoms with Crippen molar-refractivity contribution in [2.24, 2.45) is 0 Å². The second kappa shape index (κ2) is 6.95. The number of hydrogen-bond acceptors (Lipinski definition) is 0. The quantitative estimate of drug-likeness (QED) is 0.268. The normalized spacial score (nSPS) is 11.2. The third kappa shape index (κ3) is 3.03. The molecular weight excluding hydrogens is 492 g/mol. The number of benzene rings is 2. The van der Waals surface area contributed by atoms with Gasteiger partial charge in [0.1, 0.15) is 0 Å². The molecule has 0 saturated carbocycles. The minimum atomic E-state index is -2.42. The Balaban J connectivity index is 2.48. The first kappa shape index (κ1) is 19.1. The van der Waals surface area contributed by atoms with Crippen molar-refractivity contribution >= 4 is 35.2 Å². The van der Waals surface area contributed by atoms with E-state index in [0.29, 0.717) is 0 Å². The first-order valence-corrected chi connectivity index (χ1v) is 11.5. The second-order valence-electron chi connectivity index (χ2n) is 3.96. The van der Waals surface area contributed by atoms with Crippen molar-refractivity contribution in [3.63, 3.8) is 0 Å². The first-order valence-electron chi connectivity index (χ1n) is 5.46. The van der Waals surface area contributed by atoms with Crippen LogP contribution in [0.25, 0.3) is 0 Å². The predicted octanol–water partition coefficient (Wildman–Crippen LogP) is 2.35. The Hall–Kier alpha value is -1.22. The van der Waals surface area contributed by atoms with E-state index in [1.807, 2.05) is 0 Å². The van der Waals surface area contributed by atoms with Crippen LogP contribution in [-0.4, -0.2) is 26.3 Å². The Morgan fingerprint density at radius 2 is 0.458 bits per heavy atom. The van der Waals surface area contributed by atoms with E-state index in [2.05, 4.69) is 0 Å². The van der Waals surface area contributed by atoms with E-state index >= 15 is 0 Å². The van der Waals surface area contributed by atoms with Crippen molar-refractivity contribution in [2.75, 3.05) is 0 Å². The molecular formula is C12F10Se2. The van der Waals surface area contributed by atoms with Gasteiger partial charge in [-0.3, -0.25) is 0 Å². The SMILES string of the molecule is Fc1c(F)c(F)c([Se][Se]c2c(F)c(F)c(F)c(F)c2F)c(F)c1F. The molecule has 0 aliphatic heterocycles. The van der Waals surface area contributed by atoms with E-state index in [1.54, 1.807) is 0 Å². The zero-order valence-electron chi connectivity index (χ0n) is 10.6. The molecule has 130 valence electrons. The van der Waals surface area contributed by atoms with E-state index in [-0.39, 0.29) is 0 Å². The molecule has 0 heterocycles. The monoisotopic (exact) mass is 494 g/mol. The van der Waals surface area contributed by atoms with Crippen LogP contribution >= 0.6 is 0 Å². The summed E-state index contributed by atoms with van der Waals surface area (Å²) in [4.78, 5) is 0. The van der Waals surface area contributed by atoms with Crippen molar-refractivity contribution in [2.45, 2.75) is 0 Å². The number of halogens is 10. The van der Waals surface area contributed by atoms with Gasteiger partial charge in [-0.1, -0.05) is 0 Å². The summed E-state index contributed by atoms with van der Waals surface area (Å²) in [6.07, 6.45) is 0. The van der Waals surface area contributed by atoms with Gasteiger partial charge in [0.2, 0.25) is 0 Å². The van der Waals surface area contributed by atoms with Crippen LogP contribution in [-0.2, 0) is 0 Å². The zero-order chi connectivity index (χ0) is 18.3. The van der Waals surface area contributed by atoms with E-state index in [4.69, 9.17) is 0 Å². The molecule has 0 radical (unpaired) electrons. The maximum absolute atomic E-state index is 13.4. The van der Waals surface area contributed by atoms with Crippen LogP contribution in [0.15, 0.2) is 0 Å². The summed E-state index contributed by atoms with van der Waals surface area (Å²) in [7, 11) is 0. The van der Waals surface area contributed by atoms with Crippen molar-refractivity contribution in [3.05, 3.63) is 58.2 Å². The van der Waals surface area contributed by atoms with Crippen LogP contribution in [0.4, 0.5) is 43.9 Å². The number of hydrogen-bond donors (Lipinski definition) is 0. The van der Waals surface area contributed by atoms with Crippen molar-refractivity contribution in [1.29, 1.82) is 0 Å². The summed E-state index contributed by atoms with van der Waals surface area (Å²) in [5.41, 5.74) is 0. The molecule has 0 N–H and O–H groups in total. The van der Waals surface area contributed by atoms with Gasteiger partial charge in [-0.15, -0.1) is 0 Å². The standard InChI is InChI=1S/C12F10Se2/c13-1-3(15)7(19)11(8(20)4(1)16)23-24-12-9(21)5(17)2(14)6(18)10(12)22. The van der Waals surface area contributed by atoms with Gasteiger partial charge in [-0.2, -0.15) is 0 Å². The average Bonchev–Trinajstić information content (AvgIpc) is 2.57. The molecule has 2 aromatic rings. The van der Waals surface area contributed by atoms with Crippen molar-refractivity contribution in [1.82, 2.24) is 0 Å². The van der Waals surface area contributed by atoms with Gasteiger partial charge in [0.05, 0.1) is 0 Å². The summed E-state index contributed by atoms with van der Waals surface area (Å²) in [6, 6.07) is 0. The maximum atomic E-state index is 13.4. The third-order valence-corrected chi connectivity index (χ3v) is 9.47. The van der Waals surface area contributed by atoms with Gasteiger partial charge in [0.15, 0.2) is 0 Å². The molecule has 0 atom stereocenters. The van der Waals surface area contributed by atoms with E-state index < -0.39 is 93.4 Å². The zero-order valence-corrected chi connectivity index (χ0v) is 14.0. The molecule has 0 aliphatic carbocycles. The molecule has 0 saturated heterocycles. The Bertz CT molecular complexity index is 708. The molecule has 24 heavy (non-hydrogen) atoms. The molecule has 0 nitrogen and oxygen atoms in total. The third-order valence-electron chi connectivity index (χ3n) is 2.55. The molecule has 12 heteroatoms. The molecule has 0 aromatic heterocycles. The van der Waals surface area contributed by atoms with Crippen LogP contribution in [0.2, 0.25) is 0 Å². The molecule has 0 fully saturated rings. The summed E-state index contributed by atoms with van der Waals surface area (Å²) < 4.78 is 129. The molecule has 0 unspecified atom stereocenters. The van der Waals surface area contributed by atoms with Crippen LogP contribution in [0.3, 0.4) is 0 Å². The molecule has 2 aromatic carbocycles. The van der Waals surface area contributed by atoms with E-state index in [1.165, 1.54) is 0 Å². The molecule has 0 bridgehead atoms. The minimum absolute atomic E-state index is 1.34. The van der Waals surface area contributed by atoms with Crippen molar-refractivity contribution < 1.29 is 43.9 Å². The summed E-state index contributed by atoms with van der Waals surface area (Å²) in [5, 5.41) is 0. The molecule has 0 aliphatic rings. The van der Waals surface area contributed by atoms with Crippen LogP contribution in [0.1, 0.15) is 0 Å². The van der Waals surface area contributed by atoms with Gasteiger partial charge >= 0.3 is 137 Å². The van der Waals surface area contributed by atoms with Crippen LogP contribution < -0.4 is 8.92 Å². The fourth-order valence-electron chi connectivity index (χ4n) is 1.40. The van der Waals surface area contributed by atoms with Gasteiger partial charge in [-0.25, -0.2) is 0 Å². The Morgan fingerprint density at radius 3 is 0.667 bits per heavy atom. The summed E-state index contributed by atoms with van der Waals surface area (Å²) in [6.45, 7) is 0. The van der Waals surface area contributed by atoms with E-state index in [0.717, 1.165) is 0 Å². The van der Waals surface area contributed by atoms with Gasteiger partial charge in [0, 0.05) is 0 Å². The second-order valence-corrected chi connectivity index (χ2v) is 10.0. The van der Waals surface area contributed by atoms with Crippen LogP contribution in [0, 0.1) is 58.2 Å². The molecule has 2 rings (SSSR count). The predicted molar refractivity (Wildman–Crippen MR) is 63.2 cm³/mol. The van der Waals surface area contributed by atoms with Crippen LogP contribution in [0.5, 0.6) is 0 Å². The van der Waals surface area contributed by atoms with Gasteiger partial charge in [-0.05, 0) is 0 Å². The fraction of sp³-hybridized carbons (Fsp3) is 0.